The second-order valence-corrected chi connectivity index (χ2v) is 0.878. The van der Waals surface area contributed by atoms with Crippen molar-refractivity contribution in [3.8, 4) is 0 Å². The number of halogens is 1. The summed E-state index contributed by atoms with van der Waals surface area (Å²) in [4.78, 5) is 17.6. The maximum absolute atomic E-state index is 10.0. The molecule has 0 aliphatic heterocycles. The number of hydrogen-bond donors (Lipinski definition) is 0. The molecule has 0 aliphatic carbocycles. The van der Waals surface area contributed by atoms with Crippen LogP contribution in [0, 0.1) is 0 Å². The summed E-state index contributed by atoms with van der Waals surface area (Å²) in [5.41, 5.74) is 0. The van der Waals surface area contributed by atoms with Crippen molar-refractivity contribution in [3.05, 3.63) is 0 Å². The van der Waals surface area contributed by atoms with E-state index in [1.54, 1.807) is 0 Å². The third kappa shape index (κ3) is 17.8. The topological polar surface area (TPSA) is 55.3 Å². The molecule has 0 fully saturated rings. The molecular formula is FNa2O3P. The van der Waals surface area contributed by atoms with Crippen molar-refractivity contribution in [2.24, 2.45) is 0 Å². The van der Waals surface area contributed by atoms with Crippen LogP contribution in [0.2, 0.25) is 0 Å². The van der Waals surface area contributed by atoms with Gasteiger partial charge in [0, 0.05) is 0 Å². The molecule has 0 aliphatic rings. The predicted octanol–water partition coefficient (Wildman–Crippen LogP) is -7.16. The Balaban J connectivity index is -0.0000000800. The van der Waals surface area contributed by atoms with Crippen LogP contribution >= 0.6 is 8.60 Å². The quantitative estimate of drug-likeness (QED) is 0.271. The van der Waals surface area contributed by atoms with Gasteiger partial charge in [0.05, 0.1) is 0 Å². The van der Waals surface area contributed by atoms with E-state index in [1.165, 1.54) is 0 Å². The zero-order valence-corrected chi connectivity index (χ0v) is 8.94. The second kappa shape index (κ2) is 11.1. The van der Waals surface area contributed by atoms with Crippen molar-refractivity contribution in [2.45, 2.75) is 0 Å². The molecule has 0 aromatic rings. The van der Waals surface area contributed by atoms with E-state index in [0.29, 0.717) is 0 Å². The summed E-state index contributed by atoms with van der Waals surface area (Å²) in [6.45, 7) is 0. The molecule has 0 atom stereocenters. The Morgan fingerprint density at radius 1 is 1.29 bits per heavy atom. The van der Waals surface area contributed by atoms with Crippen LogP contribution in [0.5, 0.6) is 0 Å². The summed E-state index contributed by atoms with van der Waals surface area (Å²) >= 11 is 0. The average Bonchev–Trinajstić information content (AvgIpc) is 1.38. The van der Waals surface area contributed by atoms with Crippen LogP contribution in [0.4, 0.5) is 4.53 Å². The summed E-state index contributed by atoms with van der Waals surface area (Å²) in [6, 6.07) is 0. The van der Waals surface area contributed by atoms with Gasteiger partial charge < -0.3 is 9.79 Å². The molecule has 32 valence electrons. The molecule has 0 N–H and O–H groups in total. The van der Waals surface area contributed by atoms with Gasteiger partial charge in [0.25, 0.3) is 0 Å². The molecule has 0 spiro atoms. The maximum atomic E-state index is 10.0. The molecule has 0 aromatic heterocycles. The molecule has 0 heterocycles. The van der Waals surface area contributed by atoms with Crippen LogP contribution in [0.3, 0.4) is 0 Å². The summed E-state index contributed by atoms with van der Waals surface area (Å²) < 4.78 is 12.2. The minimum Gasteiger partial charge on any atom is -0.818 e. The van der Waals surface area contributed by atoms with Crippen LogP contribution in [0.25, 0.3) is 0 Å². The molecule has 0 saturated carbocycles. The van der Waals surface area contributed by atoms with E-state index in [1.807, 2.05) is 0 Å². The van der Waals surface area contributed by atoms with Gasteiger partial charge in [-0.2, -0.15) is 0 Å². The summed E-state index contributed by atoms with van der Waals surface area (Å²) in [5, 5.41) is 0. The number of rotatable bonds is 1. The van der Waals surface area contributed by atoms with Crippen LogP contribution in [0.15, 0.2) is 0 Å². The zero-order valence-electron chi connectivity index (χ0n) is 4.05. The Kier molecular flexibility index (Phi) is 25.5. The van der Waals surface area contributed by atoms with E-state index in [-0.39, 0.29) is 59.1 Å². The van der Waals surface area contributed by atoms with Gasteiger partial charge in [-0.25, -0.2) is 4.73 Å². The van der Waals surface area contributed by atoms with E-state index in [2.05, 4.69) is 4.73 Å². The zero-order chi connectivity index (χ0) is 4.28. The number of hydrogen-bond acceptors (Lipinski definition) is 3. The van der Waals surface area contributed by atoms with Gasteiger partial charge in [-0.05, 0) is 4.53 Å². The van der Waals surface area contributed by atoms with Gasteiger partial charge >= 0.3 is 59.1 Å². The van der Waals surface area contributed by atoms with Gasteiger partial charge in [0.15, 0.2) is 0 Å². The molecule has 0 unspecified atom stereocenters. The van der Waals surface area contributed by atoms with Crippen molar-refractivity contribution in [3.63, 3.8) is 0 Å². The molecule has 0 radical (unpaired) electrons. The predicted molar refractivity (Wildman–Crippen MR) is 9.11 cm³/mol. The maximum Gasteiger partial charge on any atom is 1.00 e. The molecule has 7 heteroatoms. The molecule has 0 rings (SSSR count). The molecule has 0 saturated heterocycles. The third-order valence-corrected chi connectivity index (χ3v) is 0.169. The molecule has 7 heavy (non-hydrogen) atoms. The van der Waals surface area contributed by atoms with Gasteiger partial charge in [-0.3, -0.25) is 0 Å². The van der Waals surface area contributed by atoms with Crippen molar-refractivity contribution in [2.75, 3.05) is 0 Å². The smallest absolute Gasteiger partial charge is 0.818 e. The first kappa shape index (κ1) is 16.1. The molecular weight excluding hydrogens is 144 g/mol. The minimum atomic E-state index is -3.26. The first-order chi connectivity index (χ1) is 2.27. The Hall–Kier alpha value is 2.24. The summed E-state index contributed by atoms with van der Waals surface area (Å²) in [5.74, 6) is 0. The largest absolute Gasteiger partial charge is 1.00 e. The van der Waals surface area contributed by atoms with E-state index < -0.39 is 8.60 Å². The fraction of sp³-hybridized carbons (Fsp3) is 0. The Labute approximate surface area is 85.7 Å². The van der Waals surface area contributed by atoms with E-state index in [4.69, 9.17) is 9.79 Å². The molecule has 0 bridgehead atoms. The fourth-order valence-electron chi connectivity index (χ4n) is 0. The Morgan fingerprint density at radius 3 is 1.43 bits per heavy atom. The van der Waals surface area contributed by atoms with Crippen LogP contribution in [0.1, 0.15) is 0 Å². The Bertz CT molecular complexity index is 26.9. The van der Waals surface area contributed by atoms with Gasteiger partial charge in [-0.15, -0.1) is 8.60 Å². The second-order valence-electron chi connectivity index (χ2n) is 0.293. The molecule has 0 aromatic carbocycles. The first-order valence-corrected chi connectivity index (χ1v) is 1.80. The van der Waals surface area contributed by atoms with Crippen molar-refractivity contribution >= 4 is 8.60 Å². The van der Waals surface area contributed by atoms with Gasteiger partial charge in [0.1, 0.15) is 0 Å². The van der Waals surface area contributed by atoms with Gasteiger partial charge in [0.2, 0.25) is 0 Å². The van der Waals surface area contributed by atoms with E-state index in [0.717, 1.165) is 0 Å². The monoisotopic (exact) mass is 144 g/mol. The third-order valence-electron chi connectivity index (χ3n) is 0.0563. The van der Waals surface area contributed by atoms with Crippen molar-refractivity contribution in [1.29, 1.82) is 0 Å². The van der Waals surface area contributed by atoms with Crippen LogP contribution in [-0.4, -0.2) is 0 Å². The minimum absolute atomic E-state index is 0. The van der Waals surface area contributed by atoms with E-state index in [9.17, 15) is 4.53 Å². The molecule has 3 nitrogen and oxygen atoms in total. The average molecular weight is 144 g/mol. The standard InChI is InChI=1S/FO3P.2Na/c1-4-5(2)3;;/q-2;2*+1. The van der Waals surface area contributed by atoms with Crippen LogP contribution < -0.4 is 68.9 Å². The van der Waals surface area contributed by atoms with Crippen molar-refractivity contribution < 1.29 is 78.2 Å². The molecule has 0 amide bonds. The summed E-state index contributed by atoms with van der Waals surface area (Å²) in [6.07, 6.45) is 0. The summed E-state index contributed by atoms with van der Waals surface area (Å²) in [7, 11) is -3.26. The van der Waals surface area contributed by atoms with E-state index >= 15 is 0 Å². The normalized spacial score (nSPS) is 6.86. The fourth-order valence-corrected chi connectivity index (χ4v) is 0. The van der Waals surface area contributed by atoms with Crippen LogP contribution in [-0.2, 0) is 4.73 Å². The first-order valence-electron chi connectivity index (χ1n) is 0.702. The Morgan fingerprint density at radius 2 is 1.43 bits per heavy atom. The SMILES string of the molecule is [Na+].[Na+].[O-]P([O-])OF. The van der Waals surface area contributed by atoms with Crippen molar-refractivity contribution in [1.82, 2.24) is 0 Å². The van der Waals surface area contributed by atoms with Gasteiger partial charge in [-0.1, -0.05) is 0 Å².